The lowest BCUT2D eigenvalue weighted by atomic mass is 10.0. The SMILES string of the molecule is CCc1cc(C(=O)O)c(N(CCOC(=O)c2ccc(O)c(OC)c2)CCOC(=O)c2ccc(O)c(OC)c2)c(OC)c1O. The average molecular weight is 600 g/mol. The third kappa shape index (κ3) is 7.50. The molecule has 13 nitrogen and oxygen atoms in total. The fourth-order valence-corrected chi connectivity index (χ4v) is 4.24. The lowest BCUT2D eigenvalue weighted by Crippen LogP contribution is -2.34. The summed E-state index contributed by atoms with van der Waals surface area (Å²) in [6.07, 6.45) is 0.324. The van der Waals surface area contributed by atoms with Gasteiger partial charge in [-0.15, -0.1) is 0 Å². The van der Waals surface area contributed by atoms with Crippen molar-refractivity contribution in [3.05, 3.63) is 64.7 Å². The Bertz CT molecular complexity index is 1410. The van der Waals surface area contributed by atoms with Gasteiger partial charge in [0.1, 0.15) is 13.2 Å². The fraction of sp³-hybridized carbons (Fsp3) is 0.300. The van der Waals surface area contributed by atoms with Crippen LogP contribution < -0.4 is 19.1 Å². The molecule has 3 aromatic carbocycles. The highest BCUT2D eigenvalue weighted by atomic mass is 16.5. The molecule has 0 saturated heterocycles. The quantitative estimate of drug-likeness (QED) is 0.197. The van der Waals surface area contributed by atoms with Gasteiger partial charge in [-0.05, 0) is 54.4 Å². The minimum absolute atomic E-state index is 0.00518. The van der Waals surface area contributed by atoms with Crippen LogP contribution in [0.3, 0.4) is 0 Å². The van der Waals surface area contributed by atoms with Gasteiger partial charge in [0.25, 0.3) is 0 Å². The first-order chi connectivity index (χ1) is 20.6. The Morgan fingerprint density at radius 3 is 1.63 bits per heavy atom. The summed E-state index contributed by atoms with van der Waals surface area (Å²) in [6, 6.07) is 9.20. The monoisotopic (exact) mass is 599 g/mol. The molecule has 43 heavy (non-hydrogen) atoms. The molecule has 0 saturated carbocycles. The number of benzene rings is 3. The van der Waals surface area contributed by atoms with Gasteiger partial charge in [-0.1, -0.05) is 6.92 Å². The molecule has 0 aromatic heterocycles. The molecule has 0 heterocycles. The van der Waals surface area contributed by atoms with Gasteiger partial charge in [-0.3, -0.25) is 0 Å². The number of carbonyl (C=O) groups is 3. The van der Waals surface area contributed by atoms with Gasteiger partial charge >= 0.3 is 17.9 Å². The number of aromatic hydroxyl groups is 3. The number of nitrogens with zero attached hydrogens (tertiary/aromatic N) is 1. The summed E-state index contributed by atoms with van der Waals surface area (Å²) in [7, 11) is 3.94. The normalized spacial score (nSPS) is 10.5. The molecule has 4 N–H and O–H groups in total. The van der Waals surface area contributed by atoms with Crippen LogP contribution in [0.1, 0.15) is 43.6 Å². The van der Waals surface area contributed by atoms with E-state index in [1.54, 1.807) is 6.92 Å². The highest BCUT2D eigenvalue weighted by Gasteiger charge is 2.27. The van der Waals surface area contributed by atoms with Crippen molar-refractivity contribution < 1.29 is 58.5 Å². The molecule has 13 heteroatoms. The van der Waals surface area contributed by atoms with Crippen LogP contribution in [0.25, 0.3) is 0 Å². The van der Waals surface area contributed by atoms with E-state index in [0.717, 1.165) is 0 Å². The van der Waals surface area contributed by atoms with Crippen molar-refractivity contribution in [3.63, 3.8) is 0 Å². The maximum absolute atomic E-state index is 12.7. The second-order valence-corrected chi connectivity index (χ2v) is 9.00. The summed E-state index contributed by atoms with van der Waals surface area (Å²) in [6.45, 7) is 1.07. The van der Waals surface area contributed by atoms with E-state index in [1.807, 2.05) is 0 Å². The number of rotatable bonds is 14. The number of carboxylic acids is 1. The van der Waals surface area contributed by atoms with Crippen LogP contribution in [0.4, 0.5) is 5.69 Å². The maximum Gasteiger partial charge on any atom is 0.338 e. The van der Waals surface area contributed by atoms with Crippen LogP contribution in [0.15, 0.2) is 42.5 Å². The van der Waals surface area contributed by atoms with E-state index in [2.05, 4.69) is 0 Å². The number of hydrogen-bond donors (Lipinski definition) is 4. The number of ether oxygens (including phenoxy) is 5. The Labute approximate surface area is 247 Å². The number of methoxy groups -OCH3 is 3. The Balaban J connectivity index is 1.87. The lowest BCUT2D eigenvalue weighted by molar-refractivity contribution is 0.0501. The number of aryl methyl sites for hydroxylation is 1. The summed E-state index contributed by atoms with van der Waals surface area (Å²) < 4.78 is 26.2. The first-order valence-electron chi connectivity index (χ1n) is 13.0. The van der Waals surface area contributed by atoms with E-state index in [4.69, 9.17) is 23.7 Å². The summed E-state index contributed by atoms with van der Waals surface area (Å²) in [5.41, 5.74) is 0.366. The van der Waals surface area contributed by atoms with Gasteiger partial charge in [0.2, 0.25) is 0 Å². The summed E-state index contributed by atoms with van der Waals surface area (Å²) in [5, 5.41) is 40.4. The van der Waals surface area contributed by atoms with Gasteiger partial charge in [0, 0.05) is 0 Å². The number of aromatic carboxylic acids is 1. The number of carbonyl (C=O) groups excluding carboxylic acids is 2. The van der Waals surface area contributed by atoms with Crippen LogP contribution in [-0.2, 0) is 15.9 Å². The van der Waals surface area contributed by atoms with Gasteiger partial charge in [0.05, 0.1) is 56.8 Å². The summed E-state index contributed by atoms with van der Waals surface area (Å²) in [4.78, 5) is 39.1. The Morgan fingerprint density at radius 2 is 1.23 bits per heavy atom. The minimum atomic E-state index is -1.30. The molecule has 0 fully saturated rings. The van der Waals surface area contributed by atoms with Crippen LogP contribution in [0, 0.1) is 0 Å². The Morgan fingerprint density at radius 1 is 0.744 bits per heavy atom. The lowest BCUT2D eigenvalue weighted by Gasteiger charge is -2.28. The highest BCUT2D eigenvalue weighted by molar-refractivity contribution is 5.98. The Hall–Kier alpha value is -5.33. The first kappa shape index (κ1) is 32.2. The van der Waals surface area contributed by atoms with Gasteiger partial charge in [0.15, 0.2) is 34.5 Å². The van der Waals surface area contributed by atoms with Crippen LogP contribution >= 0.6 is 0 Å². The van der Waals surface area contributed by atoms with E-state index < -0.39 is 17.9 Å². The number of esters is 2. The Kier molecular flexibility index (Phi) is 10.9. The number of carboxylic acid groups (broad SMARTS) is 1. The van der Waals surface area contributed by atoms with E-state index in [0.29, 0.717) is 12.0 Å². The second-order valence-electron chi connectivity index (χ2n) is 9.00. The van der Waals surface area contributed by atoms with E-state index in [-0.39, 0.29) is 83.2 Å². The van der Waals surface area contributed by atoms with Crippen LogP contribution in [-0.4, -0.2) is 86.0 Å². The smallest absolute Gasteiger partial charge is 0.338 e. The molecule has 0 amide bonds. The molecule has 0 unspecified atom stereocenters. The van der Waals surface area contributed by atoms with E-state index in [9.17, 15) is 34.8 Å². The van der Waals surface area contributed by atoms with Crippen molar-refractivity contribution in [1.29, 1.82) is 0 Å². The predicted molar refractivity (Wildman–Crippen MR) is 153 cm³/mol. The van der Waals surface area contributed by atoms with Gasteiger partial charge in [-0.2, -0.15) is 0 Å². The number of hydrogen-bond acceptors (Lipinski definition) is 12. The fourth-order valence-electron chi connectivity index (χ4n) is 4.24. The molecule has 230 valence electrons. The highest BCUT2D eigenvalue weighted by Crippen LogP contribution is 2.43. The van der Waals surface area contributed by atoms with Crippen molar-refractivity contribution in [2.24, 2.45) is 0 Å². The third-order valence-electron chi connectivity index (χ3n) is 6.46. The first-order valence-corrected chi connectivity index (χ1v) is 13.0. The van der Waals surface area contributed by atoms with Crippen molar-refractivity contribution >= 4 is 23.6 Å². The van der Waals surface area contributed by atoms with Gasteiger partial charge < -0.3 is 49.0 Å². The predicted octanol–water partition coefficient (Wildman–Crippen LogP) is 3.61. The van der Waals surface area contributed by atoms with E-state index in [1.165, 1.54) is 68.7 Å². The molecular formula is C30H33NO12. The topological polar surface area (TPSA) is 182 Å². The molecule has 0 spiro atoms. The number of phenolic OH excluding ortho intramolecular Hbond substituents is 3. The van der Waals surface area contributed by atoms with E-state index >= 15 is 0 Å². The minimum Gasteiger partial charge on any atom is -0.504 e. The molecule has 0 bridgehead atoms. The van der Waals surface area contributed by atoms with Crippen molar-refractivity contribution in [2.45, 2.75) is 13.3 Å². The number of phenols is 3. The van der Waals surface area contributed by atoms with Crippen LogP contribution in [0.5, 0.6) is 34.5 Å². The second kappa shape index (κ2) is 14.5. The molecular weight excluding hydrogens is 566 g/mol. The zero-order valence-electron chi connectivity index (χ0n) is 24.1. The van der Waals surface area contributed by atoms with Crippen molar-refractivity contribution in [2.75, 3.05) is 52.5 Å². The molecule has 0 atom stereocenters. The largest absolute Gasteiger partial charge is 0.504 e. The number of anilines is 1. The zero-order chi connectivity index (χ0) is 31.7. The molecule has 3 aromatic rings. The third-order valence-corrected chi connectivity index (χ3v) is 6.46. The molecule has 0 radical (unpaired) electrons. The molecule has 3 rings (SSSR count). The molecule has 0 aliphatic heterocycles. The summed E-state index contributed by atoms with van der Waals surface area (Å²) >= 11 is 0. The van der Waals surface area contributed by atoms with Crippen molar-refractivity contribution in [3.8, 4) is 34.5 Å². The maximum atomic E-state index is 12.7. The molecule has 0 aliphatic carbocycles. The molecule has 0 aliphatic rings. The standard InChI is InChI=1S/C30H33NO12/c1-5-17-14-20(28(35)36)25(27(41-4)26(17)34)31(10-12-42-29(37)18-6-8-21(32)23(15-18)39-2)11-13-43-30(38)19-7-9-22(33)24(16-19)40-3/h6-9,14-16,32-34H,5,10-13H2,1-4H3,(H,35,36). The average Bonchev–Trinajstić information content (AvgIpc) is 3.00. The van der Waals surface area contributed by atoms with Gasteiger partial charge in [-0.25, -0.2) is 14.4 Å². The zero-order valence-corrected chi connectivity index (χ0v) is 24.1. The van der Waals surface area contributed by atoms with Crippen LogP contribution in [0.2, 0.25) is 0 Å². The summed E-state index contributed by atoms with van der Waals surface area (Å²) in [5.74, 6) is -3.30. The van der Waals surface area contributed by atoms with Crippen molar-refractivity contribution in [1.82, 2.24) is 0 Å².